The van der Waals surface area contributed by atoms with Crippen molar-refractivity contribution < 1.29 is 13.2 Å². The molecule has 0 saturated carbocycles. The van der Waals surface area contributed by atoms with Crippen molar-refractivity contribution in [2.24, 2.45) is 5.84 Å². The van der Waals surface area contributed by atoms with Crippen LogP contribution >= 0.6 is 23.2 Å². The molecule has 1 unspecified atom stereocenters. The average molecular weight is 335 g/mol. The van der Waals surface area contributed by atoms with Gasteiger partial charge in [-0.3, -0.25) is 11.3 Å². The van der Waals surface area contributed by atoms with Crippen LogP contribution < -0.4 is 11.3 Å². The minimum Gasteiger partial charge on any atom is -0.271 e. The van der Waals surface area contributed by atoms with E-state index in [1.807, 2.05) is 0 Å². The maximum Gasteiger partial charge on any atom is 0.194 e. The summed E-state index contributed by atoms with van der Waals surface area (Å²) < 4.78 is 39.5. The lowest BCUT2D eigenvalue weighted by Crippen LogP contribution is -2.30. The molecule has 2 aromatic carbocycles. The highest BCUT2D eigenvalue weighted by Crippen LogP contribution is 2.27. The number of hydrazine groups is 1. The van der Waals surface area contributed by atoms with Gasteiger partial charge in [0.2, 0.25) is 0 Å². The fourth-order valence-electron chi connectivity index (χ4n) is 1.96. The molecule has 112 valence electrons. The molecule has 0 saturated heterocycles. The van der Waals surface area contributed by atoms with Crippen molar-refractivity contribution in [2.75, 3.05) is 0 Å². The molecule has 7 heteroatoms. The molecule has 0 bridgehead atoms. The van der Waals surface area contributed by atoms with Crippen LogP contribution in [0.3, 0.4) is 0 Å². The molecule has 0 spiro atoms. The zero-order valence-corrected chi connectivity index (χ0v) is 12.2. The van der Waals surface area contributed by atoms with Crippen molar-refractivity contribution in [2.45, 2.75) is 12.5 Å². The second-order valence-electron chi connectivity index (χ2n) is 4.46. The minimum absolute atomic E-state index is 0.180. The first-order chi connectivity index (χ1) is 9.92. The largest absolute Gasteiger partial charge is 0.271 e. The Hall–Kier alpha value is -1.27. The molecule has 3 N–H and O–H groups in total. The van der Waals surface area contributed by atoms with E-state index in [-0.39, 0.29) is 12.0 Å². The van der Waals surface area contributed by atoms with E-state index in [0.29, 0.717) is 15.6 Å². The number of nitrogens with two attached hydrogens (primary N) is 1. The van der Waals surface area contributed by atoms with Gasteiger partial charge < -0.3 is 0 Å². The molecule has 0 radical (unpaired) electrons. The lowest BCUT2D eigenvalue weighted by Gasteiger charge is -2.18. The Balaban J connectivity index is 2.32. The van der Waals surface area contributed by atoms with Crippen molar-refractivity contribution in [1.82, 2.24) is 5.43 Å². The summed E-state index contributed by atoms with van der Waals surface area (Å²) in [4.78, 5) is 0. The summed E-state index contributed by atoms with van der Waals surface area (Å²) in [6, 6.07) is 6.04. The molecule has 2 aromatic rings. The number of halogens is 5. The maximum atomic E-state index is 13.3. The van der Waals surface area contributed by atoms with E-state index in [2.05, 4.69) is 5.43 Å². The molecule has 21 heavy (non-hydrogen) atoms. The lowest BCUT2D eigenvalue weighted by atomic mass is 9.99. The summed E-state index contributed by atoms with van der Waals surface area (Å²) in [5.74, 6) is 1.36. The van der Waals surface area contributed by atoms with Gasteiger partial charge in [0, 0.05) is 10.0 Å². The van der Waals surface area contributed by atoms with E-state index in [1.165, 1.54) is 0 Å². The Labute approximate surface area is 129 Å². The SMILES string of the molecule is NNC(Cc1ccc(Cl)cc1Cl)c1cc(F)c(F)c(F)c1. The van der Waals surface area contributed by atoms with Gasteiger partial charge >= 0.3 is 0 Å². The molecule has 0 amide bonds. The summed E-state index contributed by atoms with van der Waals surface area (Å²) in [6.07, 6.45) is 0.261. The van der Waals surface area contributed by atoms with Crippen molar-refractivity contribution in [3.8, 4) is 0 Å². The quantitative estimate of drug-likeness (QED) is 0.500. The monoisotopic (exact) mass is 334 g/mol. The first-order valence-corrected chi connectivity index (χ1v) is 6.72. The number of benzene rings is 2. The molecular weight excluding hydrogens is 324 g/mol. The van der Waals surface area contributed by atoms with E-state index in [4.69, 9.17) is 29.0 Å². The zero-order chi connectivity index (χ0) is 15.6. The van der Waals surface area contributed by atoms with E-state index in [0.717, 1.165) is 12.1 Å². The Morgan fingerprint density at radius 3 is 2.19 bits per heavy atom. The summed E-state index contributed by atoms with van der Waals surface area (Å²) in [5.41, 5.74) is 3.30. The Kier molecular flexibility index (Phi) is 5.11. The van der Waals surface area contributed by atoms with Crippen LogP contribution in [0.25, 0.3) is 0 Å². The molecule has 0 aliphatic rings. The van der Waals surface area contributed by atoms with Gasteiger partial charge in [-0.25, -0.2) is 13.2 Å². The number of rotatable bonds is 4. The normalized spacial score (nSPS) is 12.5. The fourth-order valence-corrected chi connectivity index (χ4v) is 2.44. The molecule has 0 fully saturated rings. The molecule has 0 aliphatic carbocycles. The Morgan fingerprint density at radius 2 is 1.67 bits per heavy atom. The highest BCUT2D eigenvalue weighted by atomic mass is 35.5. The van der Waals surface area contributed by atoms with Gasteiger partial charge in [0.1, 0.15) is 0 Å². The zero-order valence-electron chi connectivity index (χ0n) is 10.6. The number of hydrogen-bond acceptors (Lipinski definition) is 2. The second kappa shape index (κ2) is 6.66. The summed E-state index contributed by atoms with van der Waals surface area (Å²) in [7, 11) is 0. The van der Waals surface area contributed by atoms with Crippen LogP contribution in [-0.4, -0.2) is 0 Å². The van der Waals surface area contributed by atoms with Crippen LogP contribution in [-0.2, 0) is 6.42 Å². The van der Waals surface area contributed by atoms with Crippen LogP contribution in [0.2, 0.25) is 10.0 Å². The van der Waals surface area contributed by atoms with Gasteiger partial charge in [-0.05, 0) is 41.8 Å². The van der Waals surface area contributed by atoms with Crippen LogP contribution in [0.1, 0.15) is 17.2 Å². The first-order valence-electron chi connectivity index (χ1n) is 5.97. The van der Waals surface area contributed by atoms with E-state index >= 15 is 0 Å². The first kappa shape index (κ1) is 16.1. The predicted octanol–water partition coefficient (Wildman–Crippen LogP) is 4.16. The standard InChI is InChI=1S/C14H11Cl2F3N2/c15-9-2-1-7(10(16)6-9)5-13(21-20)8-3-11(17)14(19)12(18)4-8/h1-4,6,13,21H,5,20H2. The minimum atomic E-state index is -1.51. The highest BCUT2D eigenvalue weighted by molar-refractivity contribution is 6.35. The van der Waals surface area contributed by atoms with Crippen molar-refractivity contribution >= 4 is 23.2 Å². The average Bonchev–Trinajstić information content (AvgIpc) is 2.43. The molecule has 0 heterocycles. The van der Waals surface area contributed by atoms with E-state index in [1.54, 1.807) is 18.2 Å². The van der Waals surface area contributed by atoms with Crippen LogP contribution in [0.4, 0.5) is 13.2 Å². The molecule has 2 rings (SSSR count). The summed E-state index contributed by atoms with van der Waals surface area (Å²) in [5, 5.41) is 0.880. The molecule has 0 aromatic heterocycles. The second-order valence-corrected chi connectivity index (χ2v) is 5.30. The molecular formula is C14H11Cl2F3N2. The Morgan fingerprint density at radius 1 is 1.05 bits per heavy atom. The van der Waals surface area contributed by atoms with Gasteiger partial charge in [0.15, 0.2) is 17.5 Å². The number of hydrogen-bond donors (Lipinski definition) is 2. The predicted molar refractivity (Wildman–Crippen MR) is 76.5 cm³/mol. The maximum absolute atomic E-state index is 13.3. The van der Waals surface area contributed by atoms with Crippen molar-refractivity contribution in [3.05, 3.63) is 69.0 Å². The summed E-state index contributed by atoms with van der Waals surface area (Å²) in [6.45, 7) is 0. The third-order valence-corrected chi connectivity index (χ3v) is 3.64. The Bertz CT molecular complexity index is 642. The molecule has 0 aliphatic heterocycles. The van der Waals surface area contributed by atoms with Gasteiger partial charge in [-0.15, -0.1) is 0 Å². The van der Waals surface area contributed by atoms with Crippen LogP contribution in [0.15, 0.2) is 30.3 Å². The summed E-state index contributed by atoms with van der Waals surface area (Å²) >= 11 is 11.8. The van der Waals surface area contributed by atoms with Gasteiger partial charge in [0.25, 0.3) is 0 Å². The van der Waals surface area contributed by atoms with E-state index < -0.39 is 23.5 Å². The van der Waals surface area contributed by atoms with Crippen molar-refractivity contribution in [1.29, 1.82) is 0 Å². The molecule has 2 nitrogen and oxygen atoms in total. The topological polar surface area (TPSA) is 38.0 Å². The third-order valence-electron chi connectivity index (χ3n) is 3.05. The van der Waals surface area contributed by atoms with Gasteiger partial charge in [-0.2, -0.15) is 0 Å². The smallest absolute Gasteiger partial charge is 0.194 e. The van der Waals surface area contributed by atoms with Crippen LogP contribution in [0, 0.1) is 17.5 Å². The van der Waals surface area contributed by atoms with Gasteiger partial charge in [-0.1, -0.05) is 29.3 Å². The van der Waals surface area contributed by atoms with Crippen molar-refractivity contribution in [3.63, 3.8) is 0 Å². The molecule has 1 atom stereocenters. The fraction of sp³-hybridized carbons (Fsp3) is 0.143. The van der Waals surface area contributed by atoms with E-state index in [9.17, 15) is 13.2 Å². The van der Waals surface area contributed by atoms with Crippen LogP contribution in [0.5, 0.6) is 0 Å². The number of nitrogens with one attached hydrogen (secondary N) is 1. The highest BCUT2D eigenvalue weighted by Gasteiger charge is 2.18. The lowest BCUT2D eigenvalue weighted by molar-refractivity contribution is 0.439. The third kappa shape index (κ3) is 3.68. The van der Waals surface area contributed by atoms with Gasteiger partial charge in [0.05, 0.1) is 6.04 Å².